The molecular weight excluding hydrogens is 524 g/mol. The van der Waals surface area contributed by atoms with Crippen molar-refractivity contribution in [2.45, 2.75) is 27.7 Å². The maximum absolute atomic E-state index is 6.14. The van der Waals surface area contributed by atoms with Crippen molar-refractivity contribution in [2.75, 3.05) is 13.2 Å². The summed E-state index contributed by atoms with van der Waals surface area (Å²) in [5.41, 5.74) is 4.59. The van der Waals surface area contributed by atoms with E-state index in [-0.39, 0.29) is 0 Å². The topological polar surface area (TPSA) is 44.2 Å². The van der Waals surface area contributed by atoms with Crippen molar-refractivity contribution < 1.29 is 9.47 Å². The minimum atomic E-state index is 0.330. The second kappa shape index (κ2) is 17.7. The highest BCUT2D eigenvalue weighted by Crippen LogP contribution is 2.32. The highest BCUT2D eigenvalue weighted by atomic mass is 79.9. The van der Waals surface area contributed by atoms with Crippen molar-refractivity contribution in [3.05, 3.63) is 121 Å². The summed E-state index contributed by atoms with van der Waals surface area (Å²) in [5.74, 6) is 0.946. The number of aromatic nitrogens is 2. The van der Waals surface area contributed by atoms with Gasteiger partial charge < -0.3 is 9.47 Å². The molecule has 1 aromatic carbocycles. The third-order valence-corrected chi connectivity index (χ3v) is 5.44. The van der Waals surface area contributed by atoms with Crippen molar-refractivity contribution >= 4 is 26.8 Å². The van der Waals surface area contributed by atoms with Crippen molar-refractivity contribution in [2.24, 2.45) is 0 Å². The maximum atomic E-state index is 6.14. The zero-order valence-corrected chi connectivity index (χ0v) is 23.9. The Morgan fingerprint density at radius 3 is 2.30 bits per heavy atom. The summed E-state index contributed by atoms with van der Waals surface area (Å²) >= 11 is 3.53. The largest absolute Gasteiger partial charge is 0.473 e. The highest BCUT2D eigenvalue weighted by Gasteiger charge is 2.13. The third kappa shape index (κ3) is 9.70. The predicted molar refractivity (Wildman–Crippen MR) is 163 cm³/mol. The number of allylic oxidation sites excluding steroid dienone is 4. The Labute approximate surface area is 230 Å². The molecule has 0 amide bonds. The van der Waals surface area contributed by atoms with Gasteiger partial charge in [-0.05, 0) is 55.3 Å². The summed E-state index contributed by atoms with van der Waals surface area (Å²) in [6.45, 7) is 22.3. The quantitative estimate of drug-likeness (QED) is 0.183. The first-order chi connectivity index (χ1) is 18.1. The average Bonchev–Trinajstić information content (AvgIpc) is 2.95. The van der Waals surface area contributed by atoms with E-state index in [0.29, 0.717) is 25.0 Å². The molecule has 0 saturated carbocycles. The standard InChI is InChI=1S/C28H27BrN2O2.C2H6.C2H4/c1-5-9-10-21(8-4)19-33-28-25(12-14-27(31-28)32-18-20(6-2)7-3)23-15-22-16-24(29)11-13-26(22)30-17-23;2*1-2/h5-17H,2,4,18-19H2,1,3H3;1-2H3;1-2H2/b9-5-,20-7+,21-10+;;. The monoisotopic (exact) mass is 560 g/mol. The maximum Gasteiger partial charge on any atom is 0.225 e. The van der Waals surface area contributed by atoms with Crippen LogP contribution in [0.25, 0.3) is 22.0 Å². The minimum Gasteiger partial charge on any atom is -0.473 e. The first-order valence-electron chi connectivity index (χ1n) is 12.1. The Hall–Kier alpha value is -3.70. The van der Waals surface area contributed by atoms with E-state index in [0.717, 1.165) is 37.6 Å². The van der Waals surface area contributed by atoms with Crippen LogP contribution in [0.5, 0.6) is 11.8 Å². The smallest absolute Gasteiger partial charge is 0.225 e. The van der Waals surface area contributed by atoms with E-state index in [2.05, 4.69) is 58.3 Å². The SMILES string of the molecule is C=C.C=C/C(=C\C)COc1ccc(-c2cnc3ccc(Br)cc3c2)c(OC/C(C=C)=C/C=C\C)n1.CC. The van der Waals surface area contributed by atoms with E-state index >= 15 is 0 Å². The summed E-state index contributed by atoms with van der Waals surface area (Å²) in [7, 11) is 0. The molecule has 0 aliphatic carbocycles. The van der Waals surface area contributed by atoms with Crippen LogP contribution in [0.4, 0.5) is 0 Å². The molecule has 4 nitrogen and oxygen atoms in total. The fraction of sp³-hybridized carbons (Fsp3) is 0.188. The lowest BCUT2D eigenvalue weighted by Crippen LogP contribution is -2.05. The van der Waals surface area contributed by atoms with Crippen molar-refractivity contribution in [1.29, 1.82) is 0 Å². The Morgan fingerprint density at radius 2 is 1.65 bits per heavy atom. The lowest BCUT2D eigenvalue weighted by atomic mass is 10.1. The molecule has 0 N–H and O–H groups in total. The van der Waals surface area contributed by atoms with Crippen molar-refractivity contribution in [1.82, 2.24) is 9.97 Å². The minimum absolute atomic E-state index is 0.330. The number of fused-ring (bicyclic) bond motifs is 1. The van der Waals surface area contributed by atoms with E-state index in [1.54, 1.807) is 12.2 Å². The van der Waals surface area contributed by atoms with Gasteiger partial charge in [0, 0.05) is 33.2 Å². The molecule has 0 saturated heterocycles. The lowest BCUT2D eigenvalue weighted by molar-refractivity contribution is 0.313. The van der Waals surface area contributed by atoms with Gasteiger partial charge in [0.25, 0.3) is 0 Å². The number of nitrogens with zero attached hydrogens (tertiary/aromatic N) is 2. The molecule has 2 aromatic heterocycles. The molecule has 3 aromatic rings. The molecule has 0 bridgehead atoms. The summed E-state index contributed by atoms with van der Waals surface area (Å²) < 4.78 is 13.0. The fourth-order valence-corrected chi connectivity index (χ4v) is 3.43. The molecular formula is C32H37BrN2O2. The van der Waals surface area contributed by atoms with Crippen molar-refractivity contribution in [3.8, 4) is 22.9 Å². The van der Waals surface area contributed by atoms with Gasteiger partial charge in [0.15, 0.2) is 0 Å². The Kier molecular flexibility index (Phi) is 15.0. The molecule has 37 heavy (non-hydrogen) atoms. The molecule has 0 fully saturated rings. The van der Waals surface area contributed by atoms with Gasteiger partial charge in [-0.3, -0.25) is 4.98 Å². The van der Waals surface area contributed by atoms with E-state index < -0.39 is 0 Å². The molecule has 3 rings (SSSR count). The predicted octanol–water partition coefficient (Wildman–Crippen LogP) is 9.47. The van der Waals surface area contributed by atoms with Gasteiger partial charge in [0.1, 0.15) is 13.2 Å². The highest BCUT2D eigenvalue weighted by molar-refractivity contribution is 9.10. The third-order valence-electron chi connectivity index (χ3n) is 4.95. The Morgan fingerprint density at radius 1 is 0.946 bits per heavy atom. The molecule has 0 aliphatic rings. The van der Waals surface area contributed by atoms with Gasteiger partial charge in [0.05, 0.1) is 5.52 Å². The van der Waals surface area contributed by atoms with Gasteiger partial charge in [-0.2, -0.15) is 4.98 Å². The van der Waals surface area contributed by atoms with Crippen LogP contribution in [0.1, 0.15) is 27.7 Å². The molecule has 194 valence electrons. The number of hydrogen-bond donors (Lipinski definition) is 0. The zero-order valence-electron chi connectivity index (χ0n) is 22.3. The van der Waals surface area contributed by atoms with Crippen LogP contribution < -0.4 is 9.47 Å². The molecule has 0 spiro atoms. The zero-order chi connectivity index (χ0) is 27.6. The van der Waals surface area contributed by atoms with Gasteiger partial charge in [-0.1, -0.05) is 79.4 Å². The molecule has 0 aliphatic heterocycles. The van der Waals surface area contributed by atoms with Gasteiger partial charge in [-0.15, -0.1) is 13.2 Å². The summed E-state index contributed by atoms with van der Waals surface area (Å²) in [5, 5.41) is 1.02. The van der Waals surface area contributed by atoms with Crippen LogP contribution in [0.3, 0.4) is 0 Å². The second-order valence-electron chi connectivity index (χ2n) is 7.18. The Balaban J connectivity index is 0.00000163. The first-order valence-corrected chi connectivity index (χ1v) is 12.9. The second-order valence-corrected chi connectivity index (χ2v) is 8.10. The van der Waals surface area contributed by atoms with E-state index in [1.807, 2.05) is 88.5 Å². The van der Waals surface area contributed by atoms with E-state index in [4.69, 9.17) is 9.47 Å². The lowest BCUT2D eigenvalue weighted by Gasteiger charge is -2.14. The normalized spacial score (nSPS) is 11.2. The number of hydrogen-bond acceptors (Lipinski definition) is 4. The molecule has 0 unspecified atom stereocenters. The van der Waals surface area contributed by atoms with Crippen molar-refractivity contribution in [3.63, 3.8) is 0 Å². The fourth-order valence-electron chi connectivity index (χ4n) is 3.05. The molecule has 0 atom stereocenters. The van der Waals surface area contributed by atoms with E-state index in [9.17, 15) is 0 Å². The summed E-state index contributed by atoms with van der Waals surface area (Å²) in [6, 6.07) is 11.9. The van der Waals surface area contributed by atoms with E-state index in [1.165, 1.54) is 0 Å². The Bertz CT molecular complexity index is 1260. The molecule has 5 heteroatoms. The molecule has 2 heterocycles. The van der Waals surface area contributed by atoms with Crippen LogP contribution in [0.15, 0.2) is 121 Å². The summed E-state index contributed by atoms with van der Waals surface area (Å²) in [4.78, 5) is 9.26. The van der Waals surface area contributed by atoms with Gasteiger partial charge >= 0.3 is 0 Å². The number of halogens is 1. The van der Waals surface area contributed by atoms with Crippen LogP contribution in [0, 0.1) is 0 Å². The summed E-state index contributed by atoms with van der Waals surface area (Å²) in [6.07, 6.45) is 13.2. The van der Waals surface area contributed by atoms with Gasteiger partial charge in [-0.25, -0.2) is 0 Å². The first kappa shape index (κ1) is 31.3. The van der Waals surface area contributed by atoms with Crippen LogP contribution >= 0.6 is 15.9 Å². The average molecular weight is 562 g/mol. The van der Waals surface area contributed by atoms with Crippen LogP contribution in [-0.4, -0.2) is 23.2 Å². The number of pyridine rings is 2. The van der Waals surface area contributed by atoms with Crippen LogP contribution in [0.2, 0.25) is 0 Å². The number of benzene rings is 1. The molecule has 0 radical (unpaired) electrons. The number of ether oxygens (including phenoxy) is 2. The van der Waals surface area contributed by atoms with Gasteiger partial charge in [0.2, 0.25) is 11.8 Å². The number of rotatable bonds is 10. The van der Waals surface area contributed by atoms with Crippen LogP contribution in [-0.2, 0) is 0 Å².